The average Bonchev–Trinajstić information content (AvgIpc) is 3.14. The molecular formula is C24H26N4O2. The third-order valence-corrected chi connectivity index (χ3v) is 5.95. The molecule has 0 N–H and O–H groups in total. The zero-order chi connectivity index (χ0) is 20.8. The van der Waals surface area contributed by atoms with Crippen LogP contribution in [-0.4, -0.2) is 21.4 Å². The molecule has 30 heavy (non-hydrogen) atoms. The van der Waals surface area contributed by atoms with E-state index in [-0.39, 0.29) is 12.1 Å². The van der Waals surface area contributed by atoms with Crippen molar-refractivity contribution in [3.05, 3.63) is 59.5 Å². The molecule has 0 spiro atoms. The molecule has 0 saturated carbocycles. The van der Waals surface area contributed by atoms with Gasteiger partial charge in [-0.3, -0.25) is 4.98 Å². The Hall–Kier alpha value is -2.99. The molecule has 1 aromatic carbocycles. The molecule has 1 aliphatic rings. The predicted molar refractivity (Wildman–Crippen MR) is 117 cm³/mol. The normalized spacial score (nSPS) is 17.3. The molecule has 4 aromatic rings. The van der Waals surface area contributed by atoms with Gasteiger partial charge < -0.3 is 9.94 Å². The topological polar surface area (TPSA) is 66.9 Å². The molecule has 6 nitrogen and oxygen atoms in total. The standard InChI is InChI=1S/C24H26N4O2/c1-15(2)24-23(17-7-8-25-16(3)10-17)20-11-18-13-26-28(22-6-4-5-9-30-22)21(18)12-19(20)14-27(24)29/h7-8,10-15,22H,4-6,9H2,1-3H3. The predicted octanol–water partition coefficient (Wildman–Crippen LogP) is 5.02. The number of pyridine rings is 2. The van der Waals surface area contributed by atoms with Crippen molar-refractivity contribution in [2.45, 2.75) is 52.2 Å². The lowest BCUT2D eigenvalue weighted by molar-refractivity contribution is -0.613. The van der Waals surface area contributed by atoms with Crippen molar-refractivity contribution in [1.82, 2.24) is 14.8 Å². The van der Waals surface area contributed by atoms with Crippen molar-refractivity contribution < 1.29 is 9.47 Å². The van der Waals surface area contributed by atoms with Crippen molar-refractivity contribution in [3.63, 3.8) is 0 Å². The van der Waals surface area contributed by atoms with Crippen LogP contribution in [0, 0.1) is 12.1 Å². The van der Waals surface area contributed by atoms with Crippen LogP contribution < -0.4 is 4.73 Å². The minimum atomic E-state index is -0.0367. The summed E-state index contributed by atoms with van der Waals surface area (Å²) >= 11 is 0. The maximum Gasteiger partial charge on any atom is 0.203 e. The Labute approximate surface area is 175 Å². The van der Waals surface area contributed by atoms with E-state index in [1.165, 1.54) is 0 Å². The molecule has 1 atom stereocenters. The first-order valence-corrected chi connectivity index (χ1v) is 10.6. The lowest BCUT2D eigenvalue weighted by Crippen LogP contribution is -2.33. The Morgan fingerprint density at radius 1 is 1.20 bits per heavy atom. The minimum Gasteiger partial charge on any atom is -0.618 e. The molecule has 154 valence electrons. The van der Waals surface area contributed by atoms with E-state index in [0.717, 1.165) is 74.8 Å². The summed E-state index contributed by atoms with van der Waals surface area (Å²) < 4.78 is 8.95. The second-order valence-corrected chi connectivity index (χ2v) is 8.46. The second kappa shape index (κ2) is 7.36. The van der Waals surface area contributed by atoms with E-state index < -0.39 is 0 Å². The molecule has 4 heterocycles. The molecule has 0 radical (unpaired) electrons. The van der Waals surface area contributed by atoms with Crippen molar-refractivity contribution in [2.24, 2.45) is 0 Å². The van der Waals surface area contributed by atoms with Gasteiger partial charge in [-0.05, 0) is 56.0 Å². The van der Waals surface area contributed by atoms with Crippen LogP contribution in [0.2, 0.25) is 0 Å². The van der Waals surface area contributed by atoms with Crippen LogP contribution >= 0.6 is 0 Å². The molecule has 0 aliphatic carbocycles. The van der Waals surface area contributed by atoms with Crippen molar-refractivity contribution in [2.75, 3.05) is 6.61 Å². The number of aryl methyl sites for hydroxylation is 1. The molecule has 1 fully saturated rings. The zero-order valence-electron chi connectivity index (χ0n) is 17.6. The number of aromatic nitrogens is 4. The Kier molecular flexibility index (Phi) is 4.66. The molecule has 0 amide bonds. The Balaban J connectivity index is 1.79. The summed E-state index contributed by atoms with van der Waals surface area (Å²) in [5, 5.41) is 20.7. The average molecular weight is 402 g/mol. The maximum absolute atomic E-state index is 13.1. The fourth-order valence-electron chi connectivity index (χ4n) is 4.57. The summed E-state index contributed by atoms with van der Waals surface area (Å²) in [6.07, 6.45) is 8.57. The molecule has 3 aromatic heterocycles. The molecule has 1 unspecified atom stereocenters. The highest BCUT2D eigenvalue weighted by Crippen LogP contribution is 2.36. The third-order valence-electron chi connectivity index (χ3n) is 5.95. The van der Waals surface area contributed by atoms with Gasteiger partial charge in [-0.2, -0.15) is 9.83 Å². The highest BCUT2D eigenvalue weighted by molar-refractivity contribution is 6.04. The first-order chi connectivity index (χ1) is 14.5. The van der Waals surface area contributed by atoms with Gasteiger partial charge in [0.1, 0.15) is 0 Å². The number of fused-ring (bicyclic) bond motifs is 2. The van der Waals surface area contributed by atoms with Crippen LogP contribution in [0.5, 0.6) is 0 Å². The van der Waals surface area contributed by atoms with Gasteiger partial charge in [-0.1, -0.05) is 13.8 Å². The van der Waals surface area contributed by atoms with Crippen LogP contribution in [-0.2, 0) is 4.74 Å². The van der Waals surface area contributed by atoms with Crippen molar-refractivity contribution in [3.8, 4) is 11.1 Å². The van der Waals surface area contributed by atoms with E-state index in [2.05, 4.69) is 36.1 Å². The SMILES string of the molecule is Cc1cc(-c2c(C(C)C)[n+]([O-])cc3cc4c(cnn4C4CCCCO4)cc23)ccn1. The molecule has 1 saturated heterocycles. The van der Waals surface area contributed by atoms with E-state index in [9.17, 15) is 5.21 Å². The lowest BCUT2D eigenvalue weighted by atomic mass is 9.92. The van der Waals surface area contributed by atoms with Gasteiger partial charge in [-0.25, -0.2) is 4.68 Å². The monoisotopic (exact) mass is 402 g/mol. The van der Waals surface area contributed by atoms with Crippen molar-refractivity contribution in [1.29, 1.82) is 0 Å². The van der Waals surface area contributed by atoms with Gasteiger partial charge in [0, 0.05) is 40.6 Å². The minimum absolute atomic E-state index is 0.0367. The van der Waals surface area contributed by atoms with Gasteiger partial charge in [0.2, 0.25) is 5.69 Å². The highest BCUT2D eigenvalue weighted by atomic mass is 16.5. The largest absolute Gasteiger partial charge is 0.618 e. The number of nitrogens with zero attached hydrogens (tertiary/aromatic N) is 4. The van der Waals surface area contributed by atoms with E-state index in [1.807, 2.05) is 29.9 Å². The first-order valence-electron chi connectivity index (χ1n) is 10.6. The molecule has 5 rings (SSSR count). The molecule has 0 bridgehead atoms. The number of hydrogen-bond acceptors (Lipinski definition) is 4. The van der Waals surface area contributed by atoms with Gasteiger partial charge in [0.05, 0.1) is 17.3 Å². The first kappa shape index (κ1) is 19.0. The Morgan fingerprint density at radius 3 is 2.80 bits per heavy atom. The van der Waals surface area contributed by atoms with E-state index in [0.29, 0.717) is 0 Å². The highest BCUT2D eigenvalue weighted by Gasteiger charge is 2.24. The summed E-state index contributed by atoms with van der Waals surface area (Å²) in [5.41, 5.74) is 4.70. The molecule has 6 heteroatoms. The Bertz CT molecular complexity index is 1240. The number of hydrogen-bond donors (Lipinski definition) is 0. The smallest absolute Gasteiger partial charge is 0.203 e. The fourth-order valence-corrected chi connectivity index (χ4v) is 4.57. The quantitative estimate of drug-likeness (QED) is 0.357. The van der Waals surface area contributed by atoms with Crippen LogP contribution in [0.4, 0.5) is 0 Å². The summed E-state index contributed by atoms with van der Waals surface area (Å²) in [4.78, 5) is 4.34. The fraction of sp³-hybridized carbons (Fsp3) is 0.375. The van der Waals surface area contributed by atoms with Gasteiger partial charge in [0.25, 0.3) is 0 Å². The van der Waals surface area contributed by atoms with Gasteiger partial charge >= 0.3 is 0 Å². The van der Waals surface area contributed by atoms with E-state index in [1.54, 1.807) is 12.4 Å². The van der Waals surface area contributed by atoms with Crippen LogP contribution in [0.25, 0.3) is 32.8 Å². The van der Waals surface area contributed by atoms with Crippen LogP contribution in [0.3, 0.4) is 0 Å². The summed E-state index contributed by atoms with van der Waals surface area (Å²) in [7, 11) is 0. The van der Waals surface area contributed by atoms with E-state index >= 15 is 0 Å². The van der Waals surface area contributed by atoms with Crippen molar-refractivity contribution >= 4 is 21.7 Å². The summed E-state index contributed by atoms with van der Waals surface area (Å²) in [5.74, 6) is 0.0874. The summed E-state index contributed by atoms with van der Waals surface area (Å²) in [6, 6.07) is 8.26. The zero-order valence-corrected chi connectivity index (χ0v) is 17.6. The third kappa shape index (κ3) is 3.12. The Morgan fingerprint density at radius 2 is 2.07 bits per heavy atom. The number of ether oxygens (including phenoxy) is 1. The summed E-state index contributed by atoms with van der Waals surface area (Å²) in [6.45, 7) is 6.86. The maximum atomic E-state index is 13.1. The molecular weight excluding hydrogens is 376 g/mol. The van der Waals surface area contributed by atoms with Crippen LogP contribution in [0.1, 0.15) is 56.6 Å². The lowest BCUT2D eigenvalue weighted by Gasteiger charge is -2.23. The number of rotatable bonds is 3. The second-order valence-electron chi connectivity index (χ2n) is 8.46. The van der Waals surface area contributed by atoms with E-state index in [4.69, 9.17) is 4.74 Å². The van der Waals surface area contributed by atoms with Gasteiger partial charge in [0.15, 0.2) is 12.4 Å². The molecule has 1 aliphatic heterocycles. The number of benzene rings is 1. The van der Waals surface area contributed by atoms with Gasteiger partial charge in [-0.15, -0.1) is 0 Å². The van der Waals surface area contributed by atoms with Crippen LogP contribution in [0.15, 0.2) is 42.9 Å².